The number of nitrogens with two attached hydrogens (primary N) is 1. The number of hydrogen-bond acceptors (Lipinski definition) is 2. The molecule has 4 nitrogen and oxygen atoms in total. The van der Waals surface area contributed by atoms with Crippen molar-refractivity contribution in [3.63, 3.8) is 0 Å². The van der Waals surface area contributed by atoms with Crippen LogP contribution >= 0.6 is 0 Å². The van der Waals surface area contributed by atoms with Crippen molar-refractivity contribution in [1.82, 2.24) is 0 Å². The van der Waals surface area contributed by atoms with Crippen LogP contribution in [-0.4, -0.2) is 17.0 Å². The van der Waals surface area contributed by atoms with Gasteiger partial charge in [-0.1, -0.05) is 141 Å². The first-order valence-electron chi connectivity index (χ1n) is 17.3. The van der Waals surface area contributed by atoms with Crippen molar-refractivity contribution in [2.24, 2.45) is 5.73 Å². The number of amides is 1. The fourth-order valence-electron chi connectivity index (χ4n) is 4.72. The number of carbonyl (C=O) groups is 2. The lowest BCUT2D eigenvalue weighted by atomic mass is 10.1. The molecule has 0 unspecified atom stereocenters. The molecule has 1 amide bonds. The molecular formula is C36H69NO3. The average molecular weight is 564 g/mol. The smallest absolute Gasteiger partial charge is 0.303 e. The fourth-order valence-corrected chi connectivity index (χ4v) is 4.72. The first kappa shape index (κ1) is 40.6. The fraction of sp³-hybridized carbons (Fsp3) is 0.833. The van der Waals surface area contributed by atoms with Gasteiger partial charge in [0.15, 0.2) is 0 Å². The normalized spacial score (nSPS) is 11.2. The summed E-state index contributed by atoms with van der Waals surface area (Å²) < 4.78 is 0. The Morgan fingerprint density at radius 3 is 1.02 bits per heavy atom. The Labute approximate surface area is 250 Å². The maximum atomic E-state index is 10.5. The second-order valence-corrected chi connectivity index (χ2v) is 11.5. The minimum Gasteiger partial charge on any atom is -0.481 e. The van der Waals surface area contributed by atoms with Gasteiger partial charge in [-0.05, 0) is 64.2 Å². The van der Waals surface area contributed by atoms with Crippen LogP contribution in [0.3, 0.4) is 0 Å². The zero-order valence-corrected chi connectivity index (χ0v) is 26.9. The Balaban J connectivity index is 0. The number of hydrogen-bond donors (Lipinski definition) is 2. The minimum atomic E-state index is -0.664. The predicted octanol–water partition coefficient (Wildman–Crippen LogP) is 11.6. The van der Waals surface area contributed by atoms with Crippen LogP contribution in [0.2, 0.25) is 0 Å². The van der Waals surface area contributed by atoms with Crippen LogP contribution in [0.4, 0.5) is 0 Å². The van der Waals surface area contributed by atoms with Gasteiger partial charge in [-0.3, -0.25) is 9.59 Å². The molecule has 0 atom stereocenters. The second-order valence-electron chi connectivity index (χ2n) is 11.5. The molecule has 0 fully saturated rings. The number of unbranched alkanes of at least 4 members (excludes halogenated alkanes) is 22. The van der Waals surface area contributed by atoms with Crippen molar-refractivity contribution in [3.05, 3.63) is 24.3 Å². The number of primary amides is 1. The van der Waals surface area contributed by atoms with Gasteiger partial charge in [-0.15, -0.1) is 0 Å². The Kier molecular flexibility index (Phi) is 37.9. The molecule has 236 valence electrons. The van der Waals surface area contributed by atoms with Gasteiger partial charge in [0.2, 0.25) is 5.91 Å². The summed E-state index contributed by atoms with van der Waals surface area (Å²) in [5, 5.41) is 8.51. The SMILES string of the molecule is CCCCCCCC/C=C\CCCCCCCC(=O)O.CCCCCCCC/C=C\CCCCCCCC(N)=O. The number of allylic oxidation sites excluding steroid dienone is 4. The quantitative estimate of drug-likeness (QED) is 0.0673. The molecule has 0 aromatic heterocycles. The molecular weight excluding hydrogens is 494 g/mol. The second kappa shape index (κ2) is 37.4. The minimum absolute atomic E-state index is 0.164. The molecule has 0 saturated heterocycles. The van der Waals surface area contributed by atoms with Gasteiger partial charge in [0, 0.05) is 12.8 Å². The van der Waals surface area contributed by atoms with E-state index in [2.05, 4.69) is 38.2 Å². The van der Waals surface area contributed by atoms with E-state index in [1.165, 1.54) is 141 Å². The highest BCUT2D eigenvalue weighted by Crippen LogP contribution is 2.11. The first-order valence-corrected chi connectivity index (χ1v) is 17.3. The Bertz CT molecular complexity index is 520. The van der Waals surface area contributed by atoms with Crippen LogP contribution in [0.25, 0.3) is 0 Å². The molecule has 0 heterocycles. The van der Waals surface area contributed by atoms with Crippen molar-refractivity contribution in [2.75, 3.05) is 0 Å². The van der Waals surface area contributed by atoms with E-state index in [0.717, 1.165) is 25.7 Å². The third-order valence-corrected chi connectivity index (χ3v) is 7.34. The Hall–Kier alpha value is -1.58. The molecule has 0 bridgehead atoms. The number of rotatable bonds is 30. The third-order valence-electron chi connectivity index (χ3n) is 7.34. The molecule has 0 aromatic carbocycles. The van der Waals surface area contributed by atoms with Gasteiger partial charge in [-0.25, -0.2) is 0 Å². The molecule has 0 aliphatic rings. The summed E-state index contributed by atoms with van der Waals surface area (Å²) in [6.45, 7) is 4.52. The van der Waals surface area contributed by atoms with Gasteiger partial charge in [0.1, 0.15) is 0 Å². The summed E-state index contributed by atoms with van der Waals surface area (Å²) in [7, 11) is 0. The summed E-state index contributed by atoms with van der Waals surface area (Å²) in [6, 6.07) is 0. The monoisotopic (exact) mass is 564 g/mol. The van der Waals surface area contributed by atoms with Gasteiger partial charge in [-0.2, -0.15) is 0 Å². The van der Waals surface area contributed by atoms with Crippen LogP contribution in [0.5, 0.6) is 0 Å². The molecule has 4 heteroatoms. The Morgan fingerprint density at radius 2 is 0.725 bits per heavy atom. The van der Waals surface area contributed by atoms with Crippen LogP contribution in [0.1, 0.15) is 194 Å². The lowest BCUT2D eigenvalue weighted by molar-refractivity contribution is -0.137. The van der Waals surface area contributed by atoms with Crippen LogP contribution in [0, 0.1) is 0 Å². The van der Waals surface area contributed by atoms with Gasteiger partial charge < -0.3 is 10.8 Å². The van der Waals surface area contributed by atoms with E-state index in [1.54, 1.807) is 0 Å². The van der Waals surface area contributed by atoms with Crippen molar-refractivity contribution in [3.8, 4) is 0 Å². The average Bonchev–Trinajstić information content (AvgIpc) is 2.93. The number of aliphatic carboxylic acids is 1. The Morgan fingerprint density at radius 1 is 0.450 bits per heavy atom. The lowest BCUT2D eigenvalue weighted by Gasteiger charge is -1.99. The highest BCUT2D eigenvalue weighted by molar-refractivity contribution is 5.73. The summed E-state index contributed by atoms with van der Waals surface area (Å²) in [4.78, 5) is 20.9. The molecule has 0 aliphatic carbocycles. The van der Waals surface area contributed by atoms with Crippen molar-refractivity contribution in [2.45, 2.75) is 194 Å². The van der Waals surface area contributed by atoms with E-state index in [1.807, 2.05) is 0 Å². The van der Waals surface area contributed by atoms with E-state index in [4.69, 9.17) is 10.8 Å². The predicted molar refractivity (Wildman–Crippen MR) is 176 cm³/mol. The summed E-state index contributed by atoms with van der Waals surface area (Å²) in [6.07, 6.45) is 43.2. The summed E-state index contributed by atoms with van der Waals surface area (Å²) >= 11 is 0. The first-order chi connectivity index (χ1) is 19.5. The van der Waals surface area contributed by atoms with Crippen molar-refractivity contribution in [1.29, 1.82) is 0 Å². The molecule has 3 N–H and O–H groups in total. The third kappa shape index (κ3) is 43.5. The molecule has 40 heavy (non-hydrogen) atoms. The summed E-state index contributed by atoms with van der Waals surface area (Å²) in [5.41, 5.74) is 5.10. The summed E-state index contributed by atoms with van der Waals surface area (Å²) in [5.74, 6) is -0.828. The molecule has 0 spiro atoms. The number of carboxylic acid groups (broad SMARTS) is 1. The van der Waals surface area contributed by atoms with E-state index in [-0.39, 0.29) is 5.91 Å². The van der Waals surface area contributed by atoms with Gasteiger partial charge in [0.05, 0.1) is 0 Å². The van der Waals surface area contributed by atoms with Crippen LogP contribution in [-0.2, 0) is 9.59 Å². The molecule has 0 saturated carbocycles. The highest BCUT2D eigenvalue weighted by Gasteiger charge is 1.96. The molecule has 0 aliphatic heterocycles. The largest absolute Gasteiger partial charge is 0.481 e. The number of carboxylic acids is 1. The maximum absolute atomic E-state index is 10.5. The van der Waals surface area contributed by atoms with Crippen LogP contribution < -0.4 is 5.73 Å². The van der Waals surface area contributed by atoms with E-state index < -0.39 is 5.97 Å². The van der Waals surface area contributed by atoms with Crippen LogP contribution in [0.15, 0.2) is 24.3 Å². The maximum Gasteiger partial charge on any atom is 0.303 e. The zero-order valence-electron chi connectivity index (χ0n) is 26.9. The van der Waals surface area contributed by atoms with Gasteiger partial charge >= 0.3 is 5.97 Å². The standard InChI is InChI=1S/C18H35NO.C18H34O2/c2*1-2-3-4-5-6-7-8-9-10-11-12-13-14-15-16-17-18(19)20/h9-10H,2-8,11-17H2,1H3,(H2,19,20);9-10H,2-8,11-17H2,1H3,(H,19,20)/b2*10-9-. The lowest BCUT2D eigenvalue weighted by Crippen LogP contribution is -2.09. The van der Waals surface area contributed by atoms with E-state index in [9.17, 15) is 9.59 Å². The molecule has 0 aromatic rings. The van der Waals surface area contributed by atoms with Crippen molar-refractivity contribution >= 4 is 11.9 Å². The van der Waals surface area contributed by atoms with Crippen molar-refractivity contribution < 1.29 is 14.7 Å². The topological polar surface area (TPSA) is 80.4 Å². The molecule has 0 rings (SSSR count). The van der Waals surface area contributed by atoms with E-state index >= 15 is 0 Å². The highest BCUT2D eigenvalue weighted by atomic mass is 16.4. The molecule has 0 radical (unpaired) electrons. The van der Waals surface area contributed by atoms with Gasteiger partial charge in [0.25, 0.3) is 0 Å². The number of carbonyl (C=O) groups excluding carboxylic acids is 1. The zero-order chi connectivity index (χ0) is 29.8. The van der Waals surface area contributed by atoms with E-state index in [0.29, 0.717) is 12.8 Å².